The molecule has 5 nitrogen and oxygen atoms in total. The molecule has 1 heterocycles. The fourth-order valence-electron chi connectivity index (χ4n) is 4.42. The van der Waals surface area contributed by atoms with Crippen LogP contribution in [0.1, 0.15) is 169 Å². The van der Waals surface area contributed by atoms with E-state index in [0.717, 1.165) is 19.3 Å². The number of nitrogens with zero attached hydrogens (tertiary/aromatic N) is 2. The van der Waals surface area contributed by atoms with Crippen LogP contribution in [0.4, 0.5) is 0 Å². The topological polar surface area (TPSA) is 69.2 Å². The number of unbranched alkanes of at least 4 members (excludes halogenated alkanes) is 17. The van der Waals surface area contributed by atoms with E-state index in [0.29, 0.717) is 6.42 Å². The molecule has 0 unspecified atom stereocenters. The predicted molar refractivity (Wildman–Crippen MR) is 167 cm³/mol. The lowest BCUT2D eigenvalue weighted by Crippen LogP contribution is -2.27. The molecule has 0 amide bonds. The van der Waals surface area contributed by atoms with Crippen LogP contribution in [0.5, 0.6) is 0 Å². The first kappa shape index (κ1) is 38.8. The summed E-state index contributed by atoms with van der Waals surface area (Å²) in [4.78, 5) is 19.1. The van der Waals surface area contributed by atoms with E-state index in [-0.39, 0.29) is 0 Å². The number of carboxylic acids is 1. The number of H-pyrrole nitrogens is 1. The number of imidazole rings is 1. The van der Waals surface area contributed by atoms with E-state index >= 15 is 0 Å². The summed E-state index contributed by atoms with van der Waals surface area (Å²) in [5, 5.41) is 8.14. The van der Waals surface area contributed by atoms with Gasteiger partial charge in [-0.1, -0.05) is 137 Å². The van der Waals surface area contributed by atoms with Crippen molar-refractivity contribution < 1.29 is 9.90 Å². The lowest BCUT2D eigenvalue weighted by molar-refractivity contribution is -0.137. The number of aliphatic carboxylic acids is 1. The van der Waals surface area contributed by atoms with Gasteiger partial charge in [-0.3, -0.25) is 4.79 Å². The first-order chi connectivity index (χ1) is 18.6. The Labute approximate surface area is 238 Å². The Balaban J connectivity index is 0. The van der Waals surface area contributed by atoms with E-state index in [1.54, 1.807) is 18.7 Å². The third kappa shape index (κ3) is 36.8. The first-order valence-corrected chi connectivity index (χ1v) is 16.5. The highest BCUT2D eigenvalue weighted by Gasteiger charge is 2.05. The molecule has 0 radical (unpaired) electrons. The molecule has 0 atom stereocenters. The molecule has 0 saturated heterocycles. The molecule has 0 spiro atoms. The molecule has 38 heavy (non-hydrogen) atoms. The highest BCUT2D eigenvalue weighted by molar-refractivity contribution is 5.66. The third-order valence-corrected chi connectivity index (χ3v) is 6.88. The average Bonchev–Trinajstić information content (AvgIpc) is 3.50. The van der Waals surface area contributed by atoms with Crippen molar-refractivity contribution in [2.75, 3.05) is 19.6 Å². The zero-order valence-corrected chi connectivity index (χ0v) is 26.2. The van der Waals surface area contributed by atoms with Crippen LogP contribution in [0.3, 0.4) is 0 Å². The Hall–Kier alpha value is -1.36. The quantitative estimate of drug-likeness (QED) is 0.122. The van der Waals surface area contributed by atoms with Gasteiger partial charge in [-0.25, -0.2) is 4.98 Å². The molecular weight excluding hydrogens is 470 g/mol. The molecule has 0 aliphatic heterocycles. The number of nitrogens with one attached hydrogen (secondary N) is 1. The van der Waals surface area contributed by atoms with Gasteiger partial charge in [0.05, 0.1) is 6.33 Å². The number of hydrogen-bond acceptors (Lipinski definition) is 3. The molecule has 1 aromatic rings. The smallest absolute Gasteiger partial charge is 0.303 e. The van der Waals surface area contributed by atoms with Gasteiger partial charge < -0.3 is 15.0 Å². The Morgan fingerprint density at radius 1 is 0.605 bits per heavy atom. The summed E-state index contributed by atoms with van der Waals surface area (Å²) in [6.07, 6.45) is 34.1. The Morgan fingerprint density at radius 3 is 1.26 bits per heavy atom. The predicted octanol–water partition coefficient (Wildman–Crippen LogP) is 10.4. The fraction of sp³-hybridized carbons (Fsp3) is 0.879. The largest absolute Gasteiger partial charge is 0.481 e. The summed E-state index contributed by atoms with van der Waals surface area (Å²) >= 11 is 0. The maximum atomic E-state index is 9.87. The van der Waals surface area contributed by atoms with Gasteiger partial charge in [-0.2, -0.15) is 0 Å². The molecule has 0 saturated carbocycles. The summed E-state index contributed by atoms with van der Waals surface area (Å²) in [6, 6.07) is 0. The van der Waals surface area contributed by atoms with Crippen LogP contribution in [0, 0.1) is 0 Å². The van der Waals surface area contributed by atoms with Gasteiger partial charge in [-0.15, -0.1) is 0 Å². The van der Waals surface area contributed by atoms with Crippen LogP contribution in [0.2, 0.25) is 0 Å². The lowest BCUT2D eigenvalue weighted by Gasteiger charge is -2.22. The zero-order valence-electron chi connectivity index (χ0n) is 26.2. The normalized spacial score (nSPS) is 10.6. The maximum Gasteiger partial charge on any atom is 0.303 e. The van der Waals surface area contributed by atoms with E-state index < -0.39 is 5.97 Å². The Morgan fingerprint density at radius 2 is 0.974 bits per heavy atom. The minimum absolute atomic E-state index is 0.327. The number of aromatic nitrogens is 2. The van der Waals surface area contributed by atoms with Crippen LogP contribution < -0.4 is 0 Å². The van der Waals surface area contributed by atoms with Gasteiger partial charge in [0.1, 0.15) is 0 Å². The Kier molecular flexibility index (Phi) is 36.4. The minimum Gasteiger partial charge on any atom is -0.481 e. The summed E-state index contributed by atoms with van der Waals surface area (Å²) < 4.78 is 0. The van der Waals surface area contributed by atoms with Crippen molar-refractivity contribution in [1.29, 1.82) is 0 Å². The second kappa shape index (κ2) is 35.6. The fourth-order valence-corrected chi connectivity index (χ4v) is 4.42. The van der Waals surface area contributed by atoms with Crippen molar-refractivity contribution in [3.63, 3.8) is 0 Å². The van der Waals surface area contributed by atoms with E-state index in [1.165, 1.54) is 135 Å². The van der Waals surface area contributed by atoms with Crippen molar-refractivity contribution >= 4 is 5.97 Å². The molecule has 1 aromatic heterocycles. The van der Waals surface area contributed by atoms with Crippen LogP contribution in [0.25, 0.3) is 0 Å². The SMILES string of the molecule is CCCCCC(=O)O.CCCCCCCCN(CCCCCCCC)CCCCCCCC.c1c[nH]cn1. The molecule has 0 aliphatic rings. The van der Waals surface area contributed by atoms with Crippen LogP contribution in [-0.4, -0.2) is 45.6 Å². The number of hydrogen-bond donors (Lipinski definition) is 2. The van der Waals surface area contributed by atoms with Crippen LogP contribution >= 0.6 is 0 Å². The minimum atomic E-state index is -0.682. The Bertz CT molecular complexity index is 467. The molecular formula is C33H67N3O2. The molecule has 226 valence electrons. The molecule has 0 bridgehead atoms. The van der Waals surface area contributed by atoms with Crippen LogP contribution in [0.15, 0.2) is 18.7 Å². The molecule has 2 N–H and O–H groups in total. The number of carbonyl (C=O) groups is 1. The van der Waals surface area contributed by atoms with Gasteiger partial charge in [0.15, 0.2) is 0 Å². The van der Waals surface area contributed by atoms with E-state index in [4.69, 9.17) is 5.11 Å². The second-order valence-electron chi connectivity index (χ2n) is 10.8. The molecule has 0 fully saturated rings. The van der Waals surface area contributed by atoms with Crippen molar-refractivity contribution in [3.05, 3.63) is 18.7 Å². The second-order valence-corrected chi connectivity index (χ2v) is 10.8. The summed E-state index contributed by atoms with van der Waals surface area (Å²) in [5.41, 5.74) is 0. The van der Waals surface area contributed by atoms with Crippen molar-refractivity contribution in [1.82, 2.24) is 14.9 Å². The maximum absolute atomic E-state index is 9.87. The monoisotopic (exact) mass is 538 g/mol. The standard InChI is InChI=1S/C24H51N.C6H12O2.C3H4N2/c1-4-7-10-13-16-19-22-25(23-20-17-14-11-8-5-2)24-21-18-15-12-9-6-3;1-2-3-4-5-6(7)8;1-2-5-3-4-1/h4-24H2,1-3H3;2-5H2,1H3,(H,7,8);1-3H,(H,4,5). The third-order valence-electron chi connectivity index (χ3n) is 6.88. The lowest BCUT2D eigenvalue weighted by atomic mass is 10.1. The number of carboxylic acid groups (broad SMARTS) is 1. The van der Waals surface area contributed by atoms with Gasteiger partial charge in [0.2, 0.25) is 0 Å². The van der Waals surface area contributed by atoms with Gasteiger partial charge >= 0.3 is 5.97 Å². The zero-order chi connectivity index (χ0) is 28.4. The van der Waals surface area contributed by atoms with Crippen molar-refractivity contribution in [2.24, 2.45) is 0 Å². The first-order valence-electron chi connectivity index (χ1n) is 16.5. The van der Waals surface area contributed by atoms with Gasteiger partial charge in [0, 0.05) is 18.8 Å². The molecule has 0 aliphatic carbocycles. The summed E-state index contributed by atoms with van der Waals surface area (Å²) in [7, 11) is 0. The highest BCUT2D eigenvalue weighted by Crippen LogP contribution is 2.11. The van der Waals surface area contributed by atoms with E-state index in [1.807, 2.05) is 0 Å². The highest BCUT2D eigenvalue weighted by atomic mass is 16.4. The average molecular weight is 538 g/mol. The van der Waals surface area contributed by atoms with Crippen molar-refractivity contribution in [2.45, 2.75) is 169 Å². The molecule has 5 heteroatoms. The summed E-state index contributed by atoms with van der Waals surface area (Å²) in [6.45, 7) is 13.1. The molecule has 0 aromatic carbocycles. The van der Waals surface area contributed by atoms with Crippen LogP contribution in [-0.2, 0) is 4.79 Å². The number of aromatic amines is 1. The van der Waals surface area contributed by atoms with E-state index in [9.17, 15) is 4.79 Å². The summed E-state index contributed by atoms with van der Waals surface area (Å²) in [5.74, 6) is -0.682. The van der Waals surface area contributed by atoms with Gasteiger partial charge in [0.25, 0.3) is 0 Å². The molecule has 1 rings (SSSR count). The number of rotatable bonds is 25. The van der Waals surface area contributed by atoms with Crippen molar-refractivity contribution in [3.8, 4) is 0 Å². The van der Waals surface area contributed by atoms with Gasteiger partial charge in [-0.05, 0) is 45.3 Å². The van der Waals surface area contributed by atoms with E-state index in [2.05, 4.69) is 42.6 Å².